The fourth-order valence-electron chi connectivity index (χ4n) is 3.33. The zero-order valence-corrected chi connectivity index (χ0v) is 16.9. The van der Waals surface area contributed by atoms with Gasteiger partial charge < -0.3 is 25.2 Å². The summed E-state index contributed by atoms with van der Waals surface area (Å²) in [6, 6.07) is 12.6. The first-order chi connectivity index (χ1) is 13.0. The summed E-state index contributed by atoms with van der Waals surface area (Å²) >= 11 is 0. The number of fused-ring (bicyclic) bond motifs is 1. The van der Waals surface area contributed by atoms with Crippen LogP contribution in [0.3, 0.4) is 0 Å². The van der Waals surface area contributed by atoms with E-state index < -0.39 is 0 Å². The second-order valence-corrected chi connectivity index (χ2v) is 7.08. The molecule has 0 saturated carbocycles. The second-order valence-electron chi connectivity index (χ2n) is 7.08. The Morgan fingerprint density at radius 2 is 1.89 bits per heavy atom. The van der Waals surface area contributed by atoms with Gasteiger partial charge in [0.1, 0.15) is 6.61 Å². The van der Waals surface area contributed by atoms with Crippen LogP contribution in [0.5, 0.6) is 11.5 Å². The molecule has 28 heavy (non-hydrogen) atoms. The average Bonchev–Trinajstić information content (AvgIpc) is 2.66. The van der Waals surface area contributed by atoms with Crippen molar-refractivity contribution in [2.45, 2.75) is 39.0 Å². The summed E-state index contributed by atoms with van der Waals surface area (Å²) in [7, 11) is 0. The Hall–Kier alpha value is -2.44. The monoisotopic (exact) mass is 406 g/mol. The number of phenols is 2. The standard InChI is InChI=1S/C21H26N2O4.ClH/c1-14(2)23(21(26)27-13-15-6-4-3-5-7-15)12-18-17-11-20(25)19(24)10-16(17)8-9-22-18;/h3-7,10-11,14,18,22,24-25H,8-9,12-13H2,1-2H3;1H. The highest BCUT2D eigenvalue weighted by Gasteiger charge is 2.28. The number of nitrogens with zero attached hydrogens (tertiary/aromatic N) is 1. The smallest absolute Gasteiger partial charge is 0.410 e. The van der Waals surface area contributed by atoms with Gasteiger partial charge in [0, 0.05) is 12.6 Å². The molecule has 1 aliphatic rings. The van der Waals surface area contributed by atoms with Crippen molar-refractivity contribution in [1.82, 2.24) is 10.2 Å². The van der Waals surface area contributed by atoms with Crippen LogP contribution in [0.1, 0.15) is 36.6 Å². The number of rotatable bonds is 5. The Bertz CT molecular complexity index is 798. The lowest BCUT2D eigenvalue weighted by atomic mass is 9.93. The van der Waals surface area contributed by atoms with E-state index in [1.807, 2.05) is 44.2 Å². The predicted octanol–water partition coefficient (Wildman–Crippen LogP) is 3.75. The third kappa shape index (κ3) is 5.09. The third-order valence-corrected chi connectivity index (χ3v) is 4.84. The molecule has 1 atom stereocenters. The van der Waals surface area contributed by atoms with E-state index in [0.29, 0.717) is 6.54 Å². The van der Waals surface area contributed by atoms with Crippen LogP contribution in [0.4, 0.5) is 4.79 Å². The average molecular weight is 407 g/mol. The zero-order valence-electron chi connectivity index (χ0n) is 16.1. The van der Waals surface area contributed by atoms with Crippen LogP contribution < -0.4 is 5.32 Å². The summed E-state index contributed by atoms with van der Waals surface area (Å²) in [4.78, 5) is 14.3. The third-order valence-electron chi connectivity index (χ3n) is 4.84. The van der Waals surface area contributed by atoms with Gasteiger partial charge in [-0.25, -0.2) is 4.79 Å². The molecular formula is C21H27ClN2O4. The van der Waals surface area contributed by atoms with Crippen molar-refractivity contribution in [2.24, 2.45) is 0 Å². The van der Waals surface area contributed by atoms with Crippen molar-refractivity contribution in [1.29, 1.82) is 0 Å². The highest BCUT2D eigenvalue weighted by molar-refractivity contribution is 5.85. The summed E-state index contributed by atoms with van der Waals surface area (Å²) in [5, 5.41) is 23.0. The quantitative estimate of drug-likeness (QED) is 0.659. The molecule has 7 heteroatoms. The minimum Gasteiger partial charge on any atom is -0.504 e. The number of phenolic OH excluding ortho intramolecular Hbond substituents is 2. The van der Waals surface area contributed by atoms with E-state index in [2.05, 4.69) is 5.32 Å². The molecule has 2 aromatic carbocycles. The highest BCUT2D eigenvalue weighted by atomic mass is 35.5. The largest absolute Gasteiger partial charge is 0.504 e. The predicted molar refractivity (Wildman–Crippen MR) is 110 cm³/mol. The minimum absolute atomic E-state index is 0. The fraction of sp³-hybridized carbons (Fsp3) is 0.381. The number of hydrogen-bond donors (Lipinski definition) is 3. The van der Waals surface area contributed by atoms with Crippen molar-refractivity contribution >= 4 is 18.5 Å². The molecule has 0 aliphatic carbocycles. The minimum atomic E-state index is -0.370. The van der Waals surface area contributed by atoms with Crippen LogP contribution in [0.2, 0.25) is 0 Å². The van der Waals surface area contributed by atoms with Crippen molar-refractivity contribution in [3.8, 4) is 11.5 Å². The van der Waals surface area contributed by atoms with Gasteiger partial charge in [0.2, 0.25) is 0 Å². The molecule has 1 amide bonds. The summed E-state index contributed by atoms with van der Waals surface area (Å²) in [6.07, 6.45) is 0.394. The molecule has 152 valence electrons. The number of aromatic hydroxyl groups is 2. The van der Waals surface area contributed by atoms with Gasteiger partial charge in [-0.2, -0.15) is 0 Å². The number of ether oxygens (including phenoxy) is 1. The number of amides is 1. The van der Waals surface area contributed by atoms with Crippen LogP contribution in [0, 0.1) is 0 Å². The summed E-state index contributed by atoms with van der Waals surface area (Å²) in [6.45, 7) is 5.28. The number of carbonyl (C=O) groups excluding carboxylic acids is 1. The molecule has 1 aliphatic heterocycles. The maximum absolute atomic E-state index is 12.7. The molecule has 2 aromatic rings. The number of halogens is 1. The second kappa shape index (κ2) is 9.66. The Morgan fingerprint density at radius 3 is 2.57 bits per heavy atom. The van der Waals surface area contributed by atoms with E-state index in [0.717, 1.165) is 29.7 Å². The Balaban J connectivity index is 0.00000280. The molecule has 3 rings (SSSR count). The summed E-state index contributed by atoms with van der Waals surface area (Å²) in [5.74, 6) is -0.261. The SMILES string of the molecule is CC(C)N(CC1NCCc2cc(O)c(O)cc21)C(=O)OCc1ccccc1.Cl. The molecule has 0 spiro atoms. The summed E-state index contributed by atoms with van der Waals surface area (Å²) < 4.78 is 5.49. The molecule has 0 aromatic heterocycles. The first kappa shape index (κ1) is 21.9. The number of hydrogen-bond acceptors (Lipinski definition) is 5. The molecule has 0 saturated heterocycles. The lowest BCUT2D eigenvalue weighted by molar-refractivity contribution is 0.0811. The molecule has 0 fully saturated rings. The Labute approximate surface area is 171 Å². The van der Waals surface area contributed by atoms with Gasteiger partial charge in [0.15, 0.2) is 11.5 Å². The fourth-order valence-corrected chi connectivity index (χ4v) is 3.33. The number of benzene rings is 2. The molecule has 6 nitrogen and oxygen atoms in total. The van der Waals surface area contributed by atoms with E-state index in [9.17, 15) is 15.0 Å². The Kier molecular flexibility index (Phi) is 7.54. The molecule has 1 heterocycles. The van der Waals surface area contributed by atoms with Gasteiger partial charge >= 0.3 is 6.09 Å². The normalized spacial score (nSPS) is 15.5. The van der Waals surface area contributed by atoms with E-state index in [-0.39, 0.29) is 48.7 Å². The van der Waals surface area contributed by atoms with Crippen molar-refractivity contribution in [3.05, 3.63) is 59.2 Å². The van der Waals surface area contributed by atoms with E-state index >= 15 is 0 Å². The topological polar surface area (TPSA) is 82.0 Å². The highest BCUT2D eigenvalue weighted by Crippen LogP contribution is 2.34. The van der Waals surface area contributed by atoms with Crippen molar-refractivity contribution in [2.75, 3.05) is 13.1 Å². The van der Waals surface area contributed by atoms with E-state index in [4.69, 9.17) is 4.74 Å². The van der Waals surface area contributed by atoms with Crippen LogP contribution in [-0.4, -0.2) is 40.3 Å². The van der Waals surface area contributed by atoms with E-state index in [1.165, 1.54) is 0 Å². The molecule has 3 N–H and O–H groups in total. The number of carbonyl (C=O) groups is 1. The molecular weight excluding hydrogens is 380 g/mol. The van der Waals surface area contributed by atoms with Crippen LogP contribution >= 0.6 is 12.4 Å². The van der Waals surface area contributed by atoms with Gasteiger partial charge in [-0.1, -0.05) is 30.3 Å². The molecule has 0 bridgehead atoms. The molecule has 0 radical (unpaired) electrons. The maximum Gasteiger partial charge on any atom is 0.410 e. The zero-order chi connectivity index (χ0) is 19.4. The van der Waals surface area contributed by atoms with Crippen molar-refractivity contribution in [3.63, 3.8) is 0 Å². The first-order valence-electron chi connectivity index (χ1n) is 9.21. The first-order valence-corrected chi connectivity index (χ1v) is 9.21. The van der Waals surface area contributed by atoms with Crippen LogP contribution in [-0.2, 0) is 17.8 Å². The van der Waals surface area contributed by atoms with Crippen molar-refractivity contribution < 1.29 is 19.7 Å². The number of nitrogens with one attached hydrogen (secondary N) is 1. The molecule has 1 unspecified atom stereocenters. The van der Waals surface area contributed by atoms with Gasteiger partial charge in [0.25, 0.3) is 0 Å². The maximum atomic E-state index is 12.7. The van der Waals surface area contributed by atoms with Gasteiger partial charge in [0.05, 0.1) is 6.04 Å². The lowest BCUT2D eigenvalue weighted by Gasteiger charge is -2.34. The lowest BCUT2D eigenvalue weighted by Crippen LogP contribution is -2.45. The van der Waals surface area contributed by atoms with Gasteiger partial charge in [-0.3, -0.25) is 0 Å². The van der Waals surface area contributed by atoms with Gasteiger partial charge in [-0.15, -0.1) is 12.4 Å². The van der Waals surface area contributed by atoms with Gasteiger partial charge in [-0.05, 0) is 55.6 Å². The van der Waals surface area contributed by atoms with Crippen LogP contribution in [0.15, 0.2) is 42.5 Å². The van der Waals surface area contributed by atoms with Crippen LogP contribution in [0.25, 0.3) is 0 Å². The Morgan fingerprint density at radius 1 is 1.21 bits per heavy atom. The van der Waals surface area contributed by atoms with E-state index in [1.54, 1.807) is 17.0 Å². The summed E-state index contributed by atoms with van der Waals surface area (Å²) in [5.41, 5.74) is 2.82.